The molecule has 5 N–H and O–H groups in total. The second-order valence-electron chi connectivity index (χ2n) is 16.7. The number of methoxy groups -OCH3 is 1. The molecule has 1 heterocycles. The number of rotatable bonds is 17. The van der Waals surface area contributed by atoms with Crippen LogP contribution in [0.15, 0.2) is 12.5 Å². The number of aromatic nitrogens is 2. The molecule has 0 aliphatic heterocycles. The molecule has 17 nitrogen and oxygen atoms in total. The number of carbonyl (C=O) groups excluding carboxylic acids is 7. The van der Waals surface area contributed by atoms with Crippen molar-refractivity contribution in [1.29, 1.82) is 0 Å². The van der Waals surface area contributed by atoms with Gasteiger partial charge in [0.2, 0.25) is 23.6 Å². The minimum atomic E-state index is -1.63. The lowest BCUT2D eigenvalue weighted by molar-refractivity contribution is -0.155. The first-order valence-corrected chi connectivity index (χ1v) is 18.9. The summed E-state index contributed by atoms with van der Waals surface area (Å²) < 4.78 is 17.2. The molecule has 1 fully saturated rings. The lowest BCUT2D eigenvalue weighted by atomic mass is 9.84. The number of ether oxygens (including phenoxy) is 3. The topological polar surface area (TPSA) is 225 Å². The predicted octanol–water partition coefficient (Wildman–Crippen LogP) is 2.49. The van der Waals surface area contributed by atoms with E-state index in [4.69, 9.17) is 14.2 Å². The zero-order valence-electron chi connectivity index (χ0n) is 34.4. The van der Waals surface area contributed by atoms with Gasteiger partial charge in [0.25, 0.3) is 0 Å². The first-order chi connectivity index (χ1) is 25.4. The number of amides is 5. The molecular formula is C38H63N7O10. The summed E-state index contributed by atoms with van der Waals surface area (Å²) in [4.78, 5) is 96.7. The number of esters is 2. The van der Waals surface area contributed by atoms with Gasteiger partial charge in [-0.15, -0.1) is 0 Å². The molecule has 5 amide bonds. The summed E-state index contributed by atoms with van der Waals surface area (Å²) in [5.74, 6) is -3.93. The Hall–Kier alpha value is -4.70. The Balaban J connectivity index is 2.35. The SMILES string of the molecule is COC(=O)[C@H](C)NC(=O)[C@H](CC1CCCCC1)NC(=O)C(C)(C)NC(=O)[C@@H](CCC(=O)OC(C)(C)C)NC(=O)[C@H](Cc1cncn1C)NC(=O)OC(C)(C)C. The van der Waals surface area contributed by atoms with Gasteiger partial charge in [-0.2, -0.15) is 0 Å². The molecule has 2 rings (SSSR count). The number of nitrogens with zero attached hydrogens (tertiary/aromatic N) is 2. The molecule has 0 radical (unpaired) electrons. The van der Waals surface area contributed by atoms with Gasteiger partial charge in [0.05, 0.1) is 13.4 Å². The molecule has 17 heteroatoms. The third-order valence-corrected chi connectivity index (χ3v) is 8.86. The van der Waals surface area contributed by atoms with Gasteiger partial charge in [0, 0.05) is 31.8 Å². The van der Waals surface area contributed by atoms with Gasteiger partial charge in [0.1, 0.15) is 40.9 Å². The average molecular weight is 778 g/mol. The molecule has 1 aliphatic rings. The van der Waals surface area contributed by atoms with Crippen molar-refractivity contribution in [2.45, 2.75) is 161 Å². The second-order valence-corrected chi connectivity index (χ2v) is 16.7. The zero-order valence-corrected chi connectivity index (χ0v) is 34.4. The molecule has 4 atom stereocenters. The minimum Gasteiger partial charge on any atom is -0.467 e. The largest absolute Gasteiger partial charge is 0.467 e. The van der Waals surface area contributed by atoms with E-state index >= 15 is 0 Å². The van der Waals surface area contributed by atoms with Crippen molar-refractivity contribution >= 4 is 41.7 Å². The van der Waals surface area contributed by atoms with E-state index in [-0.39, 0.29) is 25.2 Å². The van der Waals surface area contributed by atoms with Crippen LogP contribution in [-0.4, -0.2) is 99.2 Å². The maximum atomic E-state index is 14.0. The zero-order chi connectivity index (χ0) is 41.7. The van der Waals surface area contributed by atoms with Crippen LogP contribution >= 0.6 is 0 Å². The molecule has 310 valence electrons. The van der Waals surface area contributed by atoms with Crippen LogP contribution in [0.3, 0.4) is 0 Å². The molecule has 1 aliphatic carbocycles. The van der Waals surface area contributed by atoms with E-state index < -0.39 is 82.6 Å². The van der Waals surface area contributed by atoms with Gasteiger partial charge in [0.15, 0.2) is 0 Å². The fraction of sp³-hybridized carbons (Fsp3) is 0.737. The lowest BCUT2D eigenvalue weighted by Crippen LogP contribution is -2.63. The van der Waals surface area contributed by atoms with Crippen molar-refractivity contribution in [3.05, 3.63) is 18.2 Å². The van der Waals surface area contributed by atoms with Crippen LogP contribution < -0.4 is 26.6 Å². The smallest absolute Gasteiger partial charge is 0.408 e. The Morgan fingerprint density at radius 2 is 1.40 bits per heavy atom. The molecule has 1 aromatic heterocycles. The first-order valence-electron chi connectivity index (χ1n) is 18.9. The Morgan fingerprint density at radius 1 is 0.800 bits per heavy atom. The van der Waals surface area contributed by atoms with Crippen molar-refractivity contribution < 1.29 is 47.8 Å². The van der Waals surface area contributed by atoms with Crippen molar-refractivity contribution in [3.8, 4) is 0 Å². The van der Waals surface area contributed by atoms with Gasteiger partial charge < -0.3 is 45.4 Å². The Kier molecular flexibility index (Phi) is 17.1. The lowest BCUT2D eigenvalue weighted by Gasteiger charge is -2.32. The van der Waals surface area contributed by atoms with Crippen molar-refractivity contribution in [2.24, 2.45) is 13.0 Å². The Morgan fingerprint density at radius 3 is 1.95 bits per heavy atom. The Bertz CT molecular complexity index is 1510. The highest BCUT2D eigenvalue weighted by atomic mass is 16.6. The maximum Gasteiger partial charge on any atom is 0.408 e. The first kappa shape index (κ1) is 46.5. The average Bonchev–Trinajstić information content (AvgIpc) is 3.47. The number of imidazole rings is 1. The van der Waals surface area contributed by atoms with E-state index in [1.807, 2.05) is 0 Å². The summed E-state index contributed by atoms with van der Waals surface area (Å²) in [5.41, 5.74) is -2.71. The van der Waals surface area contributed by atoms with E-state index in [1.165, 1.54) is 40.4 Å². The highest BCUT2D eigenvalue weighted by Gasteiger charge is 2.38. The number of hydrogen-bond acceptors (Lipinski definition) is 11. The van der Waals surface area contributed by atoms with Crippen LogP contribution in [0, 0.1) is 5.92 Å². The molecule has 55 heavy (non-hydrogen) atoms. The molecule has 0 spiro atoms. The monoisotopic (exact) mass is 777 g/mol. The van der Waals surface area contributed by atoms with Crippen LogP contribution in [0.4, 0.5) is 4.79 Å². The summed E-state index contributed by atoms with van der Waals surface area (Å²) in [5, 5.41) is 13.3. The van der Waals surface area contributed by atoms with Crippen molar-refractivity contribution in [1.82, 2.24) is 36.1 Å². The van der Waals surface area contributed by atoms with Gasteiger partial charge in [-0.1, -0.05) is 32.1 Å². The minimum absolute atomic E-state index is 0.0189. The molecule has 0 aromatic carbocycles. The molecule has 0 unspecified atom stereocenters. The molecule has 1 aromatic rings. The van der Waals surface area contributed by atoms with E-state index in [9.17, 15) is 33.6 Å². The summed E-state index contributed by atoms with van der Waals surface area (Å²) in [6, 6.07) is -4.58. The highest BCUT2D eigenvalue weighted by molar-refractivity contribution is 5.97. The third kappa shape index (κ3) is 16.7. The molecular weight excluding hydrogens is 714 g/mol. The van der Waals surface area contributed by atoms with E-state index in [0.717, 1.165) is 32.1 Å². The van der Waals surface area contributed by atoms with Crippen LogP contribution in [0.5, 0.6) is 0 Å². The molecule has 0 bridgehead atoms. The van der Waals surface area contributed by atoms with Gasteiger partial charge >= 0.3 is 18.0 Å². The highest BCUT2D eigenvalue weighted by Crippen LogP contribution is 2.27. The molecule has 0 saturated heterocycles. The quantitative estimate of drug-likeness (QED) is 0.114. The summed E-state index contributed by atoms with van der Waals surface area (Å²) in [6.45, 7) is 14.5. The third-order valence-electron chi connectivity index (χ3n) is 8.86. The van der Waals surface area contributed by atoms with Crippen LogP contribution in [0.2, 0.25) is 0 Å². The number of nitrogens with one attached hydrogen (secondary N) is 5. The second kappa shape index (κ2) is 20.3. The maximum absolute atomic E-state index is 14.0. The fourth-order valence-corrected chi connectivity index (χ4v) is 5.97. The summed E-state index contributed by atoms with van der Waals surface area (Å²) in [6.07, 6.45) is 6.88. The van der Waals surface area contributed by atoms with Crippen molar-refractivity contribution in [3.63, 3.8) is 0 Å². The van der Waals surface area contributed by atoms with E-state index in [2.05, 4.69) is 31.6 Å². The number of hydrogen-bond donors (Lipinski definition) is 5. The van der Waals surface area contributed by atoms with Crippen LogP contribution in [0.1, 0.15) is 119 Å². The predicted molar refractivity (Wildman–Crippen MR) is 202 cm³/mol. The van der Waals surface area contributed by atoms with Crippen molar-refractivity contribution in [2.75, 3.05) is 7.11 Å². The van der Waals surface area contributed by atoms with E-state index in [1.54, 1.807) is 53.2 Å². The Labute approximate surface area is 324 Å². The number of alkyl carbamates (subject to hydrolysis) is 1. The standard InChI is InChI=1S/C38H63N7O10/c1-23(33(50)53-11)40-30(47)27(19-24-15-13-12-14-16-24)42-34(51)38(8,9)44-32(49)26(17-18-29(46)54-36(2,3)4)41-31(48)28(20-25-21-39-22-45(25)10)43-35(52)55-37(5,6)7/h21-24,26-28H,12-20H2,1-11H3,(H,40,47)(H,41,48)(H,42,51)(H,43,52)(H,44,49)/t23-,26+,27-,28-/m0/s1. The van der Waals surface area contributed by atoms with Gasteiger partial charge in [-0.3, -0.25) is 24.0 Å². The van der Waals surface area contributed by atoms with Crippen LogP contribution in [0.25, 0.3) is 0 Å². The summed E-state index contributed by atoms with van der Waals surface area (Å²) in [7, 11) is 2.93. The summed E-state index contributed by atoms with van der Waals surface area (Å²) >= 11 is 0. The normalized spacial score (nSPS) is 16.0. The van der Waals surface area contributed by atoms with Gasteiger partial charge in [-0.25, -0.2) is 14.6 Å². The van der Waals surface area contributed by atoms with E-state index in [0.29, 0.717) is 12.1 Å². The fourth-order valence-electron chi connectivity index (χ4n) is 5.97. The van der Waals surface area contributed by atoms with Crippen LogP contribution in [-0.2, 0) is 56.4 Å². The number of aryl methyl sites for hydroxylation is 1. The van der Waals surface area contributed by atoms with Gasteiger partial charge in [-0.05, 0) is 81.1 Å². The number of carbonyl (C=O) groups is 7. The molecule has 1 saturated carbocycles.